The minimum Gasteiger partial charge on any atom is -0.397 e. The normalized spacial score (nSPS) is 11.4. The molecule has 0 spiro atoms. The summed E-state index contributed by atoms with van der Waals surface area (Å²) in [5, 5.41) is 8.53. The molecule has 0 saturated heterocycles. The fourth-order valence-electron chi connectivity index (χ4n) is 3.59. The van der Waals surface area contributed by atoms with Gasteiger partial charge in [-0.1, -0.05) is 81.4 Å². The van der Waals surface area contributed by atoms with Gasteiger partial charge in [0.1, 0.15) is 0 Å². The molecule has 0 radical (unpaired) electrons. The second-order valence-corrected chi connectivity index (χ2v) is 8.15. The summed E-state index contributed by atoms with van der Waals surface area (Å²) in [6, 6.07) is 28.4. The van der Waals surface area contributed by atoms with Crippen LogP contribution in [0.15, 0.2) is 84.9 Å². The fourth-order valence-corrected chi connectivity index (χ4v) is 3.59. The van der Waals surface area contributed by atoms with Gasteiger partial charge in [0.2, 0.25) is 0 Å². The summed E-state index contributed by atoms with van der Waals surface area (Å²) in [5.41, 5.74) is 12.1. The zero-order valence-corrected chi connectivity index (χ0v) is 17.1. The van der Waals surface area contributed by atoms with Crippen LogP contribution in [0.5, 0.6) is 0 Å². The largest absolute Gasteiger partial charge is 0.397 e. The Labute approximate surface area is 172 Å². The summed E-state index contributed by atoms with van der Waals surface area (Å²) in [7, 11) is 0. The highest BCUT2D eigenvalue weighted by Crippen LogP contribution is 2.41. The Hall–Kier alpha value is -3.53. The Morgan fingerprint density at radius 2 is 1.38 bits per heavy atom. The van der Waals surface area contributed by atoms with Crippen LogP contribution in [0.25, 0.3) is 16.9 Å². The number of benzene rings is 3. The van der Waals surface area contributed by atoms with E-state index in [9.17, 15) is 0 Å². The molecule has 3 aromatic carbocycles. The third-order valence-electron chi connectivity index (χ3n) is 4.88. The monoisotopic (exact) mass is 382 g/mol. The smallest absolute Gasteiger partial charge is 0.157 e. The molecule has 0 fully saturated rings. The first-order valence-electron chi connectivity index (χ1n) is 9.81. The molecule has 1 heterocycles. The minimum atomic E-state index is -0.135. The third-order valence-corrected chi connectivity index (χ3v) is 4.88. The summed E-state index contributed by atoms with van der Waals surface area (Å²) < 4.78 is 1.97. The van der Waals surface area contributed by atoms with E-state index in [-0.39, 0.29) is 5.41 Å². The van der Waals surface area contributed by atoms with Gasteiger partial charge in [-0.25, -0.2) is 4.68 Å². The average molecular weight is 383 g/mol. The summed E-state index contributed by atoms with van der Waals surface area (Å²) >= 11 is 0. The Morgan fingerprint density at radius 3 is 2.00 bits per heavy atom. The predicted octanol–water partition coefficient (Wildman–Crippen LogP) is 6.16. The van der Waals surface area contributed by atoms with E-state index in [2.05, 4.69) is 50.4 Å². The highest BCUT2D eigenvalue weighted by atomic mass is 15.3. The number of nitrogens with two attached hydrogens (primary N) is 1. The Bertz CT molecular complexity index is 1110. The van der Waals surface area contributed by atoms with E-state index in [1.165, 1.54) is 0 Å². The molecule has 0 aliphatic heterocycles. The van der Waals surface area contributed by atoms with Crippen LogP contribution < -0.4 is 11.1 Å². The van der Waals surface area contributed by atoms with Crippen molar-refractivity contribution in [3.8, 4) is 16.9 Å². The van der Waals surface area contributed by atoms with Gasteiger partial charge >= 0.3 is 0 Å². The van der Waals surface area contributed by atoms with Crippen molar-refractivity contribution in [1.82, 2.24) is 9.78 Å². The van der Waals surface area contributed by atoms with Crippen molar-refractivity contribution in [2.75, 3.05) is 11.1 Å². The topological polar surface area (TPSA) is 55.9 Å². The molecule has 1 aromatic heterocycles. The van der Waals surface area contributed by atoms with Crippen molar-refractivity contribution in [3.63, 3.8) is 0 Å². The van der Waals surface area contributed by atoms with Crippen LogP contribution in [0.2, 0.25) is 0 Å². The molecule has 0 aliphatic carbocycles. The maximum absolute atomic E-state index is 6.34. The van der Waals surface area contributed by atoms with Gasteiger partial charge in [0, 0.05) is 16.8 Å². The molecule has 0 amide bonds. The molecule has 4 heteroatoms. The molecule has 4 rings (SSSR count). The van der Waals surface area contributed by atoms with Crippen molar-refractivity contribution < 1.29 is 0 Å². The lowest BCUT2D eigenvalue weighted by Gasteiger charge is -2.22. The molecule has 4 aromatic rings. The van der Waals surface area contributed by atoms with Gasteiger partial charge in [-0.15, -0.1) is 5.10 Å². The molecule has 0 aliphatic rings. The third kappa shape index (κ3) is 3.74. The molecule has 4 nitrogen and oxygen atoms in total. The van der Waals surface area contributed by atoms with E-state index in [1.807, 2.05) is 65.3 Å². The van der Waals surface area contributed by atoms with E-state index in [0.29, 0.717) is 5.69 Å². The highest BCUT2D eigenvalue weighted by molar-refractivity contribution is 5.77. The maximum atomic E-state index is 6.34. The van der Waals surface area contributed by atoms with Crippen LogP contribution in [0.4, 0.5) is 17.2 Å². The quantitative estimate of drug-likeness (QED) is 0.415. The highest BCUT2D eigenvalue weighted by Gasteiger charge is 2.29. The number of hydrogen-bond acceptors (Lipinski definition) is 3. The number of aromatic nitrogens is 2. The van der Waals surface area contributed by atoms with E-state index < -0.39 is 0 Å². The van der Waals surface area contributed by atoms with Gasteiger partial charge in [0.05, 0.1) is 17.1 Å². The lowest BCUT2D eigenvalue weighted by molar-refractivity contribution is 0.594. The zero-order chi connectivity index (χ0) is 20.4. The zero-order valence-electron chi connectivity index (χ0n) is 17.1. The minimum absolute atomic E-state index is 0.135. The molecule has 29 heavy (non-hydrogen) atoms. The summed E-state index contributed by atoms with van der Waals surface area (Å²) in [6.45, 7) is 6.64. The standard InChI is InChI=1S/C25H26N4/c1-25(2,3)22-23(18-12-6-4-7-13-18)29(21-17-11-10-16-20(21)26)28-24(22)27-19-14-8-5-9-15-19/h4-17H,26H2,1-3H3,(H,27,28). The van der Waals surface area contributed by atoms with Crippen LogP contribution in [0, 0.1) is 0 Å². The van der Waals surface area contributed by atoms with Crippen molar-refractivity contribution in [2.45, 2.75) is 26.2 Å². The lowest BCUT2D eigenvalue weighted by Crippen LogP contribution is -2.14. The number of nitrogens with one attached hydrogen (secondary N) is 1. The number of hydrogen-bond donors (Lipinski definition) is 2. The maximum Gasteiger partial charge on any atom is 0.157 e. The Kier molecular flexibility index (Phi) is 4.85. The van der Waals surface area contributed by atoms with Crippen LogP contribution in [0.1, 0.15) is 26.3 Å². The van der Waals surface area contributed by atoms with E-state index in [4.69, 9.17) is 10.8 Å². The summed E-state index contributed by atoms with van der Waals surface area (Å²) in [6.07, 6.45) is 0. The molecule has 3 N–H and O–H groups in total. The second kappa shape index (κ2) is 7.47. The van der Waals surface area contributed by atoms with Gasteiger partial charge in [-0.3, -0.25) is 0 Å². The molecule has 0 bridgehead atoms. The van der Waals surface area contributed by atoms with Crippen LogP contribution in [-0.2, 0) is 5.41 Å². The fraction of sp³-hybridized carbons (Fsp3) is 0.160. The Morgan fingerprint density at radius 1 is 0.793 bits per heavy atom. The van der Waals surface area contributed by atoms with Crippen molar-refractivity contribution >= 4 is 17.2 Å². The van der Waals surface area contributed by atoms with E-state index in [1.54, 1.807) is 0 Å². The second-order valence-electron chi connectivity index (χ2n) is 8.15. The first-order valence-corrected chi connectivity index (χ1v) is 9.81. The van der Waals surface area contributed by atoms with Crippen molar-refractivity contribution in [2.24, 2.45) is 0 Å². The molecule has 0 unspecified atom stereocenters. The Balaban J connectivity index is 2.01. The van der Waals surface area contributed by atoms with E-state index >= 15 is 0 Å². The molecular weight excluding hydrogens is 356 g/mol. The number of anilines is 3. The van der Waals surface area contributed by atoms with Crippen LogP contribution >= 0.6 is 0 Å². The van der Waals surface area contributed by atoms with Crippen molar-refractivity contribution in [3.05, 3.63) is 90.5 Å². The van der Waals surface area contributed by atoms with Crippen LogP contribution in [0.3, 0.4) is 0 Å². The number of rotatable bonds is 4. The van der Waals surface area contributed by atoms with Gasteiger partial charge in [0.15, 0.2) is 5.82 Å². The summed E-state index contributed by atoms with van der Waals surface area (Å²) in [4.78, 5) is 0. The van der Waals surface area contributed by atoms with Gasteiger partial charge < -0.3 is 11.1 Å². The summed E-state index contributed by atoms with van der Waals surface area (Å²) in [5.74, 6) is 0.839. The first kappa shape index (κ1) is 18.8. The van der Waals surface area contributed by atoms with Crippen molar-refractivity contribution in [1.29, 1.82) is 0 Å². The molecule has 146 valence electrons. The predicted molar refractivity (Wildman–Crippen MR) is 122 cm³/mol. The van der Waals surface area contributed by atoms with Gasteiger partial charge in [0.25, 0.3) is 0 Å². The first-order chi connectivity index (χ1) is 13.9. The van der Waals surface area contributed by atoms with E-state index in [0.717, 1.165) is 34.0 Å². The molecule has 0 saturated carbocycles. The van der Waals surface area contributed by atoms with Gasteiger partial charge in [-0.05, 0) is 29.7 Å². The molecule has 0 atom stereocenters. The lowest BCUT2D eigenvalue weighted by atomic mass is 9.84. The average Bonchev–Trinajstić information content (AvgIpc) is 3.09. The molecular formula is C25H26N4. The number of para-hydroxylation sites is 3. The number of nitrogen functional groups attached to an aromatic ring is 1. The van der Waals surface area contributed by atoms with Crippen LogP contribution in [-0.4, -0.2) is 9.78 Å². The SMILES string of the molecule is CC(C)(C)c1c(Nc2ccccc2)nn(-c2ccccc2N)c1-c1ccccc1. The van der Waals surface area contributed by atoms with Gasteiger partial charge in [-0.2, -0.15) is 0 Å². The number of nitrogens with zero attached hydrogens (tertiary/aromatic N) is 2.